The van der Waals surface area contributed by atoms with Crippen molar-refractivity contribution in [2.24, 2.45) is 11.8 Å². The van der Waals surface area contributed by atoms with E-state index in [0.717, 1.165) is 32.4 Å². The number of aliphatic hydroxyl groups excluding tert-OH is 1. The van der Waals surface area contributed by atoms with Crippen molar-refractivity contribution in [1.29, 1.82) is 0 Å². The van der Waals surface area contributed by atoms with Gasteiger partial charge in [0, 0.05) is 32.0 Å². The quantitative estimate of drug-likeness (QED) is 0.839. The van der Waals surface area contributed by atoms with Crippen molar-refractivity contribution < 1.29 is 9.90 Å². The summed E-state index contributed by atoms with van der Waals surface area (Å²) >= 11 is 0. The van der Waals surface area contributed by atoms with Crippen LogP contribution in [-0.4, -0.2) is 35.5 Å². The third-order valence-corrected chi connectivity index (χ3v) is 4.59. The van der Waals surface area contributed by atoms with Crippen LogP contribution in [0.3, 0.4) is 0 Å². The normalized spacial score (nSPS) is 22.7. The third kappa shape index (κ3) is 4.94. The first kappa shape index (κ1) is 16.2. The molecule has 1 aliphatic rings. The number of carbonyl (C=O) groups excluding carboxylic acids is 1. The lowest BCUT2D eigenvalue weighted by atomic mass is 9.79. The predicted molar refractivity (Wildman–Crippen MR) is 84.9 cm³/mol. The highest BCUT2D eigenvalue weighted by Crippen LogP contribution is 2.29. The summed E-state index contributed by atoms with van der Waals surface area (Å²) in [6.45, 7) is 4.58. The number of hydrogen-bond acceptors (Lipinski definition) is 3. The zero-order valence-corrected chi connectivity index (χ0v) is 13.0. The minimum Gasteiger partial charge on any atom is -0.395 e. The molecule has 1 N–H and O–H groups in total. The van der Waals surface area contributed by atoms with Crippen LogP contribution < -0.4 is 0 Å². The van der Waals surface area contributed by atoms with Crippen molar-refractivity contribution in [2.75, 3.05) is 19.7 Å². The molecule has 1 aromatic carbocycles. The van der Waals surface area contributed by atoms with E-state index in [1.807, 2.05) is 18.2 Å². The Hall–Kier alpha value is -1.19. The minimum absolute atomic E-state index is 0.144. The van der Waals surface area contributed by atoms with Gasteiger partial charge in [0.25, 0.3) is 0 Å². The van der Waals surface area contributed by atoms with Crippen LogP contribution in [0.2, 0.25) is 0 Å². The van der Waals surface area contributed by atoms with Crippen LogP contribution in [0.1, 0.15) is 38.2 Å². The van der Waals surface area contributed by atoms with Crippen molar-refractivity contribution in [3.63, 3.8) is 0 Å². The van der Waals surface area contributed by atoms with Crippen molar-refractivity contribution in [1.82, 2.24) is 4.90 Å². The fourth-order valence-corrected chi connectivity index (χ4v) is 3.28. The first-order valence-corrected chi connectivity index (χ1v) is 8.12. The molecule has 1 fully saturated rings. The number of carbonyl (C=O) groups is 1. The Bertz CT molecular complexity index is 432. The van der Waals surface area contributed by atoms with Gasteiger partial charge >= 0.3 is 0 Å². The maximum Gasteiger partial charge on any atom is 0.137 e. The second-order valence-corrected chi connectivity index (χ2v) is 6.16. The fraction of sp³-hybridized carbons (Fsp3) is 0.611. The Morgan fingerprint density at radius 3 is 2.71 bits per heavy atom. The molecule has 0 radical (unpaired) electrons. The lowest BCUT2D eigenvalue weighted by Crippen LogP contribution is -2.37. The van der Waals surface area contributed by atoms with Gasteiger partial charge < -0.3 is 5.11 Å². The molecule has 2 rings (SSSR count). The van der Waals surface area contributed by atoms with Crippen molar-refractivity contribution in [2.45, 2.75) is 39.2 Å². The number of rotatable bonds is 7. The van der Waals surface area contributed by atoms with Crippen LogP contribution in [0.5, 0.6) is 0 Å². The van der Waals surface area contributed by atoms with Crippen LogP contribution in [0.25, 0.3) is 0 Å². The first-order valence-electron chi connectivity index (χ1n) is 8.12. The molecule has 0 saturated heterocycles. The molecule has 0 aliphatic heterocycles. The Kier molecular flexibility index (Phi) is 6.40. The minimum atomic E-state index is 0.144. The molecule has 0 bridgehead atoms. The molecular formula is C18H27NO2. The monoisotopic (exact) mass is 289 g/mol. The third-order valence-electron chi connectivity index (χ3n) is 4.59. The van der Waals surface area contributed by atoms with Gasteiger partial charge in [0.15, 0.2) is 0 Å². The van der Waals surface area contributed by atoms with Crippen molar-refractivity contribution >= 4 is 5.78 Å². The van der Waals surface area contributed by atoms with Gasteiger partial charge in [-0.3, -0.25) is 9.69 Å². The Morgan fingerprint density at radius 1 is 1.29 bits per heavy atom. The molecule has 1 aliphatic carbocycles. The van der Waals surface area contributed by atoms with Crippen LogP contribution in [0.15, 0.2) is 30.3 Å². The average molecular weight is 289 g/mol. The lowest BCUT2D eigenvalue weighted by molar-refractivity contribution is -0.126. The van der Waals surface area contributed by atoms with Crippen molar-refractivity contribution in [3.05, 3.63) is 35.9 Å². The summed E-state index contributed by atoms with van der Waals surface area (Å²) in [5.41, 5.74) is 1.24. The largest absolute Gasteiger partial charge is 0.395 e. The maximum absolute atomic E-state index is 12.2. The van der Waals surface area contributed by atoms with Crippen molar-refractivity contribution in [3.8, 4) is 0 Å². The number of aliphatic hydroxyl groups is 1. The molecule has 2 atom stereocenters. The highest BCUT2D eigenvalue weighted by Gasteiger charge is 2.29. The lowest BCUT2D eigenvalue weighted by Gasteiger charge is -2.32. The van der Waals surface area contributed by atoms with E-state index in [2.05, 4.69) is 24.0 Å². The van der Waals surface area contributed by atoms with Crippen LogP contribution in [-0.2, 0) is 11.3 Å². The Balaban J connectivity index is 1.96. The van der Waals surface area contributed by atoms with Gasteiger partial charge in [-0.2, -0.15) is 0 Å². The molecule has 0 spiro atoms. The second-order valence-electron chi connectivity index (χ2n) is 6.16. The van der Waals surface area contributed by atoms with Gasteiger partial charge in [-0.1, -0.05) is 43.7 Å². The summed E-state index contributed by atoms with van der Waals surface area (Å²) in [6, 6.07) is 10.3. The zero-order valence-electron chi connectivity index (χ0n) is 13.0. The molecule has 3 nitrogen and oxygen atoms in total. The molecular weight excluding hydrogens is 262 g/mol. The molecule has 1 aromatic rings. The fourth-order valence-electron chi connectivity index (χ4n) is 3.28. The molecule has 2 unspecified atom stereocenters. The van der Waals surface area contributed by atoms with Crippen LogP contribution >= 0.6 is 0 Å². The molecule has 1 saturated carbocycles. The smallest absolute Gasteiger partial charge is 0.137 e. The Labute approximate surface area is 128 Å². The van der Waals surface area contributed by atoms with E-state index in [1.54, 1.807) is 0 Å². The highest BCUT2D eigenvalue weighted by molar-refractivity contribution is 5.81. The molecule has 3 heteroatoms. The molecule has 21 heavy (non-hydrogen) atoms. The van der Waals surface area contributed by atoms with Gasteiger partial charge in [0.05, 0.1) is 6.61 Å². The second kappa shape index (κ2) is 8.30. The number of Topliss-reactive ketones (excluding diaryl/α,β-unsaturated/α-hetero) is 1. The SMILES string of the molecule is CCC1CCC(=O)C(CN(CCO)Cc2ccccc2)C1. The van der Waals surface area contributed by atoms with E-state index < -0.39 is 0 Å². The number of nitrogens with zero attached hydrogens (tertiary/aromatic N) is 1. The number of benzene rings is 1. The van der Waals surface area contributed by atoms with E-state index in [9.17, 15) is 9.90 Å². The summed E-state index contributed by atoms with van der Waals surface area (Å²) in [4.78, 5) is 14.4. The maximum atomic E-state index is 12.2. The average Bonchev–Trinajstić information content (AvgIpc) is 2.51. The standard InChI is InChI=1S/C18H27NO2/c1-2-15-8-9-18(21)17(12-15)14-19(10-11-20)13-16-6-4-3-5-7-16/h3-7,15,17,20H,2,8-14H2,1H3. The van der Waals surface area contributed by atoms with E-state index >= 15 is 0 Å². The molecule has 0 amide bonds. The molecule has 0 heterocycles. The topological polar surface area (TPSA) is 40.5 Å². The summed E-state index contributed by atoms with van der Waals surface area (Å²) in [7, 11) is 0. The molecule has 0 aromatic heterocycles. The van der Waals surface area contributed by atoms with Gasteiger partial charge in [0.2, 0.25) is 0 Å². The van der Waals surface area contributed by atoms with E-state index in [4.69, 9.17) is 0 Å². The first-order chi connectivity index (χ1) is 10.2. The van der Waals surface area contributed by atoms with Crippen LogP contribution in [0, 0.1) is 11.8 Å². The van der Waals surface area contributed by atoms with Crippen LogP contribution in [0.4, 0.5) is 0 Å². The summed E-state index contributed by atoms with van der Waals surface area (Å²) in [5, 5.41) is 9.28. The summed E-state index contributed by atoms with van der Waals surface area (Å²) in [6.07, 6.45) is 3.99. The van der Waals surface area contributed by atoms with E-state index in [1.165, 1.54) is 12.0 Å². The van der Waals surface area contributed by atoms with Gasteiger partial charge in [0.1, 0.15) is 5.78 Å². The predicted octanol–water partition coefficient (Wildman–Crippen LogP) is 2.88. The van der Waals surface area contributed by atoms with E-state index in [-0.39, 0.29) is 12.5 Å². The van der Waals surface area contributed by atoms with E-state index in [0.29, 0.717) is 18.2 Å². The molecule has 116 valence electrons. The Morgan fingerprint density at radius 2 is 2.05 bits per heavy atom. The van der Waals surface area contributed by atoms with Gasteiger partial charge in [-0.05, 0) is 24.3 Å². The zero-order chi connectivity index (χ0) is 15.1. The number of ketones is 1. The van der Waals surface area contributed by atoms with Gasteiger partial charge in [-0.25, -0.2) is 0 Å². The summed E-state index contributed by atoms with van der Waals surface area (Å²) in [5.74, 6) is 1.26. The summed E-state index contributed by atoms with van der Waals surface area (Å²) < 4.78 is 0. The highest BCUT2D eigenvalue weighted by atomic mass is 16.3. The van der Waals surface area contributed by atoms with Gasteiger partial charge in [-0.15, -0.1) is 0 Å². The number of hydrogen-bond donors (Lipinski definition) is 1.